The number of allylic oxidation sites excluding steroid dienone is 10. The Morgan fingerprint density at radius 1 is 0.263 bits per heavy atom. The van der Waals surface area contributed by atoms with Crippen LogP contribution in [0.25, 0.3) is 0 Å². The summed E-state index contributed by atoms with van der Waals surface area (Å²) in [5, 5.41) is 0. The molecule has 6 heteroatoms. The van der Waals surface area contributed by atoms with Gasteiger partial charge in [-0.3, -0.25) is 14.4 Å². The first-order chi connectivity index (χ1) is 39.5. The number of hydrogen-bond donors (Lipinski definition) is 0. The summed E-state index contributed by atoms with van der Waals surface area (Å²) in [6, 6.07) is 0. The normalized spacial score (nSPS) is 12.4. The van der Waals surface area contributed by atoms with E-state index in [4.69, 9.17) is 14.2 Å². The van der Waals surface area contributed by atoms with E-state index in [9.17, 15) is 14.4 Å². The van der Waals surface area contributed by atoms with Crippen LogP contribution < -0.4 is 0 Å². The van der Waals surface area contributed by atoms with Crippen molar-refractivity contribution < 1.29 is 28.6 Å². The van der Waals surface area contributed by atoms with Crippen molar-refractivity contribution in [2.24, 2.45) is 0 Å². The molecule has 0 aromatic carbocycles. The maximum atomic E-state index is 12.9. The first-order valence-electron chi connectivity index (χ1n) is 35.3. The quantitative estimate of drug-likeness (QED) is 0.0261. The van der Waals surface area contributed by atoms with E-state index in [0.717, 1.165) is 89.9 Å². The summed E-state index contributed by atoms with van der Waals surface area (Å²) in [6.07, 6.45) is 88.4. The first-order valence-corrected chi connectivity index (χ1v) is 35.3. The van der Waals surface area contributed by atoms with Gasteiger partial charge in [-0.1, -0.05) is 338 Å². The smallest absolute Gasteiger partial charge is 0.306 e. The summed E-state index contributed by atoms with van der Waals surface area (Å²) in [4.78, 5) is 38.3. The van der Waals surface area contributed by atoms with Crippen LogP contribution in [0.5, 0.6) is 0 Å². The number of unbranched alkanes of at least 4 members (excludes halogenated alkanes) is 44. The summed E-state index contributed by atoms with van der Waals surface area (Å²) in [5.41, 5.74) is 0. The van der Waals surface area contributed by atoms with Crippen LogP contribution in [0.15, 0.2) is 60.8 Å². The van der Waals surface area contributed by atoms with Gasteiger partial charge in [0.15, 0.2) is 6.10 Å². The Hall–Kier alpha value is -2.89. The monoisotopic (exact) mass is 1120 g/mol. The van der Waals surface area contributed by atoms with Gasteiger partial charge >= 0.3 is 17.9 Å². The van der Waals surface area contributed by atoms with Gasteiger partial charge in [0.2, 0.25) is 0 Å². The Morgan fingerprint density at radius 2 is 0.500 bits per heavy atom. The molecule has 0 aromatic heterocycles. The molecule has 1 unspecified atom stereocenters. The van der Waals surface area contributed by atoms with E-state index < -0.39 is 6.10 Å². The lowest BCUT2D eigenvalue weighted by Crippen LogP contribution is -2.30. The molecule has 80 heavy (non-hydrogen) atoms. The van der Waals surface area contributed by atoms with Gasteiger partial charge in [0, 0.05) is 19.3 Å². The van der Waals surface area contributed by atoms with Gasteiger partial charge in [0.1, 0.15) is 13.2 Å². The second-order valence-corrected chi connectivity index (χ2v) is 23.8. The zero-order valence-corrected chi connectivity index (χ0v) is 53.6. The van der Waals surface area contributed by atoms with Crippen LogP contribution in [-0.2, 0) is 28.6 Å². The molecule has 466 valence electrons. The van der Waals surface area contributed by atoms with Crippen molar-refractivity contribution in [3.05, 3.63) is 60.8 Å². The average Bonchev–Trinajstić information content (AvgIpc) is 3.46. The Kier molecular flexibility index (Phi) is 66.1. The molecule has 0 saturated carbocycles. The maximum absolute atomic E-state index is 12.9. The molecule has 0 bridgehead atoms. The molecule has 1 atom stereocenters. The SMILES string of the molecule is CC/C=C\C/C=C\C/C=C\C/C=C\CCCCCCCCCCCCCCCCCCCCCCC(=O)OCC(COC(=O)CCCCCCC/C=C\CCCC)OC(=O)CCCCCCCCCCCCCCCCCCCC. The topological polar surface area (TPSA) is 78.9 Å². The van der Waals surface area contributed by atoms with Crippen molar-refractivity contribution >= 4 is 17.9 Å². The van der Waals surface area contributed by atoms with Gasteiger partial charge in [-0.2, -0.15) is 0 Å². The van der Waals surface area contributed by atoms with E-state index in [0.29, 0.717) is 19.3 Å². The molecule has 0 heterocycles. The maximum Gasteiger partial charge on any atom is 0.306 e. The highest BCUT2D eigenvalue weighted by Gasteiger charge is 2.19. The Labute approximate surface area is 498 Å². The number of rotatable bonds is 65. The van der Waals surface area contributed by atoms with Crippen molar-refractivity contribution in [1.29, 1.82) is 0 Å². The molecule has 0 aliphatic carbocycles. The predicted molar refractivity (Wildman–Crippen MR) is 348 cm³/mol. The van der Waals surface area contributed by atoms with Gasteiger partial charge in [0.05, 0.1) is 0 Å². The van der Waals surface area contributed by atoms with Crippen molar-refractivity contribution in [2.75, 3.05) is 13.2 Å². The molecule has 0 aliphatic rings. The number of ether oxygens (including phenoxy) is 3. The van der Waals surface area contributed by atoms with E-state index in [1.54, 1.807) is 0 Å². The van der Waals surface area contributed by atoms with Gasteiger partial charge in [-0.15, -0.1) is 0 Å². The number of esters is 3. The fraction of sp³-hybridized carbons (Fsp3) is 0.824. The summed E-state index contributed by atoms with van der Waals surface area (Å²) >= 11 is 0. The van der Waals surface area contributed by atoms with Crippen molar-refractivity contribution in [1.82, 2.24) is 0 Å². The Balaban J connectivity index is 4.09. The molecule has 0 aliphatic heterocycles. The van der Waals surface area contributed by atoms with E-state index in [1.165, 1.54) is 244 Å². The van der Waals surface area contributed by atoms with E-state index in [2.05, 4.69) is 81.5 Å². The lowest BCUT2D eigenvalue weighted by molar-refractivity contribution is -0.167. The van der Waals surface area contributed by atoms with Gasteiger partial charge in [-0.05, 0) is 77.0 Å². The standard InChI is InChI=1S/C74H134O6/c1-4-7-10-13-16-19-22-24-26-28-30-31-32-33-34-35-36-37-38-39-40-41-42-43-44-46-47-49-52-55-58-61-64-67-73(76)79-70-71(69-78-72(75)66-63-60-57-54-51-21-18-15-12-9-6-3)80-74(77)68-65-62-59-56-53-50-48-45-29-27-25-23-20-17-14-11-8-5-2/h7,10,15-16,18-19,24,26,30-31,71H,4-6,8-9,11-14,17,20-23,25,27-29,32-70H2,1-3H3/b10-7-,18-15-,19-16-,26-24-,31-30-. The zero-order chi connectivity index (χ0) is 57.8. The minimum absolute atomic E-state index is 0.0703. The molecule has 0 aromatic rings. The summed E-state index contributed by atoms with van der Waals surface area (Å²) in [6.45, 7) is 6.54. The molecule has 0 N–H and O–H groups in total. The van der Waals surface area contributed by atoms with Crippen molar-refractivity contribution in [3.8, 4) is 0 Å². The highest BCUT2D eigenvalue weighted by atomic mass is 16.6. The van der Waals surface area contributed by atoms with E-state index in [1.807, 2.05) is 0 Å². The third kappa shape index (κ3) is 65.9. The molecule has 6 nitrogen and oxygen atoms in total. The third-order valence-electron chi connectivity index (χ3n) is 15.8. The highest BCUT2D eigenvalue weighted by Crippen LogP contribution is 2.18. The number of carbonyl (C=O) groups excluding carboxylic acids is 3. The van der Waals surface area contributed by atoms with Crippen LogP contribution in [0, 0.1) is 0 Å². The number of carbonyl (C=O) groups is 3. The fourth-order valence-corrected chi connectivity index (χ4v) is 10.5. The van der Waals surface area contributed by atoms with Crippen molar-refractivity contribution in [2.45, 2.75) is 380 Å². The second kappa shape index (κ2) is 68.6. The van der Waals surface area contributed by atoms with Crippen LogP contribution in [0.4, 0.5) is 0 Å². The largest absolute Gasteiger partial charge is 0.462 e. The summed E-state index contributed by atoms with van der Waals surface area (Å²) in [7, 11) is 0. The van der Waals surface area contributed by atoms with E-state index >= 15 is 0 Å². The summed E-state index contributed by atoms with van der Waals surface area (Å²) < 4.78 is 16.9. The molecule has 0 radical (unpaired) electrons. The molecular weight excluding hydrogens is 985 g/mol. The van der Waals surface area contributed by atoms with Crippen LogP contribution in [0.3, 0.4) is 0 Å². The first kappa shape index (κ1) is 77.1. The average molecular weight is 1120 g/mol. The van der Waals surface area contributed by atoms with E-state index in [-0.39, 0.29) is 31.1 Å². The highest BCUT2D eigenvalue weighted by molar-refractivity contribution is 5.71. The van der Waals surface area contributed by atoms with Gasteiger partial charge < -0.3 is 14.2 Å². The predicted octanol–water partition coefficient (Wildman–Crippen LogP) is 24.3. The second-order valence-electron chi connectivity index (χ2n) is 23.8. The molecule has 0 fully saturated rings. The zero-order valence-electron chi connectivity index (χ0n) is 53.6. The fourth-order valence-electron chi connectivity index (χ4n) is 10.5. The van der Waals surface area contributed by atoms with Crippen LogP contribution in [0.2, 0.25) is 0 Å². The lowest BCUT2D eigenvalue weighted by atomic mass is 10.0. The van der Waals surface area contributed by atoms with Crippen LogP contribution >= 0.6 is 0 Å². The molecular formula is C74H134O6. The molecule has 0 saturated heterocycles. The lowest BCUT2D eigenvalue weighted by Gasteiger charge is -2.18. The molecule has 0 spiro atoms. The summed E-state index contributed by atoms with van der Waals surface area (Å²) in [5.74, 6) is -0.855. The molecule has 0 amide bonds. The Morgan fingerprint density at radius 3 is 0.812 bits per heavy atom. The van der Waals surface area contributed by atoms with Crippen LogP contribution in [-0.4, -0.2) is 37.2 Å². The number of hydrogen-bond acceptors (Lipinski definition) is 6. The Bertz CT molecular complexity index is 1430. The van der Waals surface area contributed by atoms with Gasteiger partial charge in [-0.25, -0.2) is 0 Å². The molecule has 0 rings (SSSR count). The van der Waals surface area contributed by atoms with Crippen molar-refractivity contribution in [3.63, 3.8) is 0 Å². The minimum atomic E-state index is -0.773. The van der Waals surface area contributed by atoms with Crippen LogP contribution in [0.1, 0.15) is 374 Å². The minimum Gasteiger partial charge on any atom is -0.462 e. The third-order valence-corrected chi connectivity index (χ3v) is 15.8. The van der Waals surface area contributed by atoms with Gasteiger partial charge in [0.25, 0.3) is 0 Å².